The van der Waals surface area contributed by atoms with Gasteiger partial charge in [-0.25, -0.2) is 9.59 Å². The maximum Gasteiger partial charge on any atom is 0.337 e. The minimum Gasteiger partial charge on any atom is -0.508 e. The van der Waals surface area contributed by atoms with Crippen molar-refractivity contribution in [2.45, 2.75) is 20.3 Å². The van der Waals surface area contributed by atoms with E-state index in [2.05, 4.69) is 19.2 Å². The van der Waals surface area contributed by atoms with Crippen LogP contribution in [0.3, 0.4) is 0 Å². The number of carbonyl (C=O) groups excluding carboxylic acids is 1. The number of phenolic OH excluding ortho intramolecular Hbond substituents is 1. The molecule has 6 nitrogen and oxygen atoms in total. The number of phenols is 1. The number of nitrogens with zero attached hydrogens (tertiary/aromatic N) is 1. The van der Waals surface area contributed by atoms with Gasteiger partial charge in [-0.05, 0) is 36.5 Å². The first-order chi connectivity index (χ1) is 9.88. The Morgan fingerprint density at radius 1 is 1.29 bits per heavy atom. The molecule has 3 N–H and O–H groups in total. The highest BCUT2D eigenvalue weighted by Crippen LogP contribution is 2.25. The molecule has 1 aliphatic heterocycles. The molecular formula is C15H20N2O4. The normalized spacial score (nSPS) is 21.9. The van der Waals surface area contributed by atoms with Gasteiger partial charge in [-0.3, -0.25) is 0 Å². The van der Waals surface area contributed by atoms with Crippen LogP contribution < -0.4 is 5.32 Å². The molecule has 0 spiro atoms. The average molecular weight is 292 g/mol. The molecule has 1 aromatic rings. The van der Waals surface area contributed by atoms with Crippen molar-refractivity contribution in [1.82, 2.24) is 4.90 Å². The molecule has 1 fully saturated rings. The van der Waals surface area contributed by atoms with Crippen molar-refractivity contribution < 1.29 is 19.8 Å². The predicted octanol–water partition coefficient (Wildman–Crippen LogP) is 2.60. The number of urea groups is 1. The number of likely N-dealkylation sites (tertiary alicyclic amines) is 1. The number of nitrogens with one attached hydrogen (secondary N) is 1. The van der Waals surface area contributed by atoms with Crippen LogP contribution in [0.4, 0.5) is 10.5 Å². The van der Waals surface area contributed by atoms with E-state index in [0.717, 1.165) is 12.5 Å². The van der Waals surface area contributed by atoms with E-state index in [9.17, 15) is 14.7 Å². The van der Waals surface area contributed by atoms with Gasteiger partial charge in [0.1, 0.15) is 5.75 Å². The van der Waals surface area contributed by atoms with Crippen molar-refractivity contribution in [3.63, 3.8) is 0 Å². The van der Waals surface area contributed by atoms with Crippen molar-refractivity contribution in [2.24, 2.45) is 11.8 Å². The summed E-state index contributed by atoms with van der Waals surface area (Å²) in [5.41, 5.74) is 0.0679. The van der Waals surface area contributed by atoms with E-state index < -0.39 is 5.97 Å². The molecule has 0 radical (unpaired) electrons. The highest BCUT2D eigenvalue weighted by atomic mass is 16.4. The molecule has 0 bridgehead atoms. The van der Waals surface area contributed by atoms with Crippen molar-refractivity contribution >= 4 is 17.7 Å². The van der Waals surface area contributed by atoms with Gasteiger partial charge >= 0.3 is 12.0 Å². The lowest BCUT2D eigenvalue weighted by molar-refractivity contribution is 0.0697. The zero-order valence-electron chi connectivity index (χ0n) is 12.2. The molecule has 2 amide bonds. The molecule has 6 heteroatoms. The zero-order valence-corrected chi connectivity index (χ0v) is 12.2. The van der Waals surface area contributed by atoms with E-state index in [1.807, 2.05) is 0 Å². The van der Waals surface area contributed by atoms with Crippen LogP contribution in [0.2, 0.25) is 0 Å². The second-order valence-corrected chi connectivity index (χ2v) is 5.65. The third-order valence-electron chi connectivity index (χ3n) is 4.10. The van der Waals surface area contributed by atoms with Crippen LogP contribution in [-0.4, -0.2) is 40.2 Å². The lowest BCUT2D eigenvalue weighted by Gasteiger charge is -2.35. The number of aromatic carboxylic acids is 1. The van der Waals surface area contributed by atoms with Crippen LogP contribution >= 0.6 is 0 Å². The largest absolute Gasteiger partial charge is 0.508 e. The van der Waals surface area contributed by atoms with Gasteiger partial charge in [0.2, 0.25) is 0 Å². The van der Waals surface area contributed by atoms with E-state index in [-0.39, 0.29) is 23.0 Å². The fraction of sp³-hybridized carbons (Fsp3) is 0.467. The average Bonchev–Trinajstić information content (AvgIpc) is 2.43. The van der Waals surface area contributed by atoms with Crippen LogP contribution in [0.5, 0.6) is 5.75 Å². The third kappa shape index (κ3) is 3.45. The fourth-order valence-corrected chi connectivity index (χ4v) is 2.46. The number of carboxylic acid groups (broad SMARTS) is 1. The number of rotatable bonds is 2. The molecule has 1 heterocycles. The summed E-state index contributed by atoms with van der Waals surface area (Å²) in [6.45, 7) is 5.60. The zero-order chi connectivity index (χ0) is 15.6. The number of hydrogen-bond donors (Lipinski definition) is 3. The van der Waals surface area contributed by atoms with E-state index in [1.165, 1.54) is 12.1 Å². The summed E-state index contributed by atoms with van der Waals surface area (Å²) in [5, 5.41) is 21.1. The summed E-state index contributed by atoms with van der Waals surface area (Å²) in [6, 6.07) is 3.57. The number of hydrogen-bond acceptors (Lipinski definition) is 3. The third-order valence-corrected chi connectivity index (χ3v) is 4.10. The summed E-state index contributed by atoms with van der Waals surface area (Å²) in [5.74, 6) is -0.340. The van der Waals surface area contributed by atoms with Gasteiger partial charge in [-0.2, -0.15) is 0 Å². The fourth-order valence-electron chi connectivity index (χ4n) is 2.46. The number of aromatic hydroxyl groups is 1. The molecule has 0 saturated carbocycles. The molecule has 21 heavy (non-hydrogen) atoms. The second-order valence-electron chi connectivity index (χ2n) is 5.65. The summed E-state index contributed by atoms with van der Waals surface area (Å²) < 4.78 is 0. The standard InChI is InChI=1S/C15H20N2O4/c1-9-5-6-17(8-10(9)2)15(21)16-13-4-3-11(18)7-12(13)14(19)20/h3-4,7,9-10,18H,5-6,8H2,1-2H3,(H,16,21)(H,19,20). The van der Waals surface area contributed by atoms with Gasteiger partial charge in [0.25, 0.3) is 0 Å². The van der Waals surface area contributed by atoms with E-state index in [4.69, 9.17) is 5.11 Å². The highest BCUT2D eigenvalue weighted by molar-refractivity contribution is 6.00. The first-order valence-corrected chi connectivity index (χ1v) is 7.00. The quantitative estimate of drug-likeness (QED) is 0.731. The van der Waals surface area contributed by atoms with Crippen molar-refractivity contribution in [3.8, 4) is 5.75 Å². The van der Waals surface area contributed by atoms with Crippen LogP contribution in [0, 0.1) is 11.8 Å². The molecule has 0 aromatic heterocycles. The highest BCUT2D eigenvalue weighted by Gasteiger charge is 2.26. The van der Waals surface area contributed by atoms with Crippen molar-refractivity contribution in [3.05, 3.63) is 23.8 Å². The second kappa shape index (κ2) is 6.03. The van der Waals surface area contributed by atoms with Gasteiger partial charge in [0, 0.05) is 13.1 Å². The molecular weight excluding hydrogens is 272 g/mol. The Balaban J connectivity index is 2.11. The Hall–Kier alpha value is -2.24. The Morgan fingerprint density at radius 3 is 2.62 bits per heavy atom. The van der Waals surface area contributed by atoms with Gasteiger partial charge in [-0.15, -0.1) is 0 Å². The molecule has 2 rings (SSSR count). The predicted molar refractivity (Wildman–Crippen MR) is 78.6 cm³/mol. The van der Waals surface area contributed by atoms with Crippen LogP contribution in [0.1, 0.15) is 30.6 Å². The van der Waals surface area contributed by atoms with Crippen molar-refractivity contribution in [2.75, 3.05) is 18.4 Å². The number of benzene rings is 1. The number of anilines is 1. The number of carbonyl (C=O) groups is 2. The smallest absolute Gasteiger partial charge is 0.337 e. The minimum absolute atomic E-state index is 0.123. The monoisotopic (exact) mass is 292 g/mol. The van der Waals surface area contributed by atoms with Crippen LogP contribution in [0.15, 0.2) is 18.2 Å². The molecule has 1 aromatic carbocycles. The molecule has 1 saturated heterocycles. The van der Waals surface area contributed by atoms with E-state index in [0.29, 0.717) is 24.9 Å². The molecule has 2 atom stereocenters. The summed E-state index contributed by atoms with van der Waals surface area (Å²) in [4.78, 5) is 25.1. The molecule has 114 valence electrons. The van der Waals surface area contributed by atoms with Crippen LogP contribution in [0.25, 0.3) is 0 Å². The Morgan fingerprint density at radius 2 is 2.00 bits per heavy atom. The summed E-state index contributed by atoms with van der Waals surface area (Å²) in [7, 11) is 0. The van der Waals surface area contributed by atoms with E-state index in [1.54, 1.807) is 4.90 Å². The number of carboxylic acids is 1. The maximum atomic E-state index is 12.2. The number of amides is 2. The lowest BCUT2D eigenvalue weighted by Crippen LogP contribution is -2.44. The van der Waals surface area contributed by atoms with Gasteiger partial charge in [-0.1, -0.05) is 13.8 Å². The van der Waals surface area contributed by atoms with Gasteiger partial charge in [0.15, 0.2) is 0 Å². The lowest BCUT2D eigenvalue weighted by atomic mass is 9.89. The topological polar surface area (TPSA) is 89.9 Å². The summed E-state index contributed by atoms with van der Waals surface area (Å²) >= 11 is 0. The first kappa shape index (κ1) is 15.2. The maximum absolute atomic E-state index is 12.2. The Bertz CT molecular complexity index is 559. The molecule has 2 unspecified atom stereocenters. The SMILES string of the molecule is CC1CCN(C(=O)Nc2ccc(O)cc2C(=O)O)CC1C. The van der Waals surface area contributed by atoms with Gasteiger partial charge < -0.3 is 20.4 Å². The van der Waals surface area contributed by atoms with Gasteiger partial charge in [0.05, 0.1) is 11.3 Å². The van der Waals surface area contributed by atoms with Crippen molar-refractivity contribution in [1.29, 1.82) is 0 Å². The molecule has 0 aliphatic carbocycles. The molecule has 1 aliphatic rings. The first-order valence-electron chi connectivity index (χ1n) is 7.00. The Kier molecular flexibility index (Phi) is 4.35. The van der Waals surface area contributed by atoms with E-state index >= 15 is 0 Å². The number of piperidine rings is 1. The van der Waals surface area contributed by atoms with Crippen LogP contribution in [-0.2, 0) is 0 Å². The minimum atomic E-state index is -1.19. The summed E-state index contributed by atoms with van der Waals surface area (Å²) in [6.07, 6.45) is 0.940. The Labute approximate surface area is 123 Å².